The van der Waals surface area contributed by atoms with Gasteiger partial charge in [-0.15, -0.1) is 0 Å². The number of carbonyl (C=O) groups excluding carboxylic acids is 1. The number of rotatable bonds is 2. The monoisotopic (exact) mass is 242 g/mol. The molecule has 1 saturated carbocycles. The number of para-hydroxylation sites is 1. The third kappa shape index (κ3) is 1.79. The number of allylic oxidation sites excluding steroid dienone is 2. The van der Waals surface area contributed by atoms with Gasteiger partial charge in [0.1, 0.15) is 5.75 Å². The van der Waals surface area contributed by atoms with E-state index in [-0.39, 0.29) is 17.2 Å². The van der Waals surface area contributed by atoms with Crippen LogP contribution in [0.15, 0.2) is 41.5 Å². The van der Waals surface area contributed by atoms with Crippen molar-refractivity contribution in [3.05, 3.63) is 42.0 Å². The van der Waals surface area contributed by atoms with E-state index in [4.69, 9.17) is 0 Å². The number of hydrogen-bond donors (Lipinski definition) is 2. The normalized spacial score (nSPS) is 26.8. The summed E-state index contributed by atoms with van der Waals surface area (Å²) in [7, 11) is 0. The van der Waals surface area contributed by atoms with Crippen LogP contribution in [0.25, 0.3) is 0 Å². The lowest BCUT2D eigenvalue weighted by molar-refractivity contribution is 0.0951. The van der Waals surface area contributed by atoms with Crippen molar-refractivity contribution in [1.29, 1.82) is 0 Å². The first-order valence-electron chi connectivity index (χ1n) is 6.07. The number of nitrogens with zero attached hydrogens (tertiary/aromatic N) is 1. The highest BCUT2D eigenvalue weighted by molar-refractivity contribution is 5.99. The van der Waals surface area contributed by atoms with E-state index in [0.29, 0.717) is 11.8 Å². The van der Waals surface area contributed by atoms with Gasteiger partial charge in [-0.25, -0.2) is 5.43 Å². The van der Waals surface area contributed by atoms with Crippen LogP contribution in [0, 0.1) is 11.8 Å². The number of nitrogens with one attached hydrogen (secondary N) is 1. The van der Waals surface area contributed by atoms with Crippen LogP contribution in [0.1, 0.15) is 23.2 Å². The van der Waals surface area contributed by atoms with Gasteiger partial charge in [0, 0.05) is 11.6 Å². The van der Waals surface area contributed by atoms with Gasteiger partial charge < -0.3 is 5.11 Å². The minimum atomic E-state index is -0.366. The van der Waals surface area contributed by atoms with Crippen LogP contribution in [-0.2, 0) is 0 Å². The Hall–Kier alpha value is -2.10. The van der Waals surface area contributed by atoms with Gasteiger partial charge in [-0.3, -0.25) is 4.79 Å². The van der Waals surface area contributed by atoms with Crippen LogP contribution in [0.4, 0.5) is 0 Å². The number of carbonyl (C=O) groups is 1. The molecule has 0 spiro atoms. The molecule has 4 nitrogen and oxygen atoms in total. The standard InChI is InChI=1S/C14H14N2O2/c17-13-7-2-1-5-11(13)14(18)16-15-12-8-9-4-3-6-10(9)12/h1-5,7,9-10,17H,6,8H2,(H,16,18)/b15-12+/t9-,10+/m1/s1. The number of hydrazone groups is 1. The Kier molecular flexibility index (Phi) is 2.63. The molecule has 92 valence electrons. The number of hydrogen-bond acceptors (Lipinski definition) is 3. The molecule has 1 fully saturated rings. The first-order chi connectivity index (χ1) is 8.75. The Balaban J connectivity index is 1.66. The number of phenolic OH excluding ortho intramolecular Hbond substituents is 1. The second-order valence-corrected chi connectivity index (χ2v) is 4.70. The second-order valence-electron chi connectivity index (χ2n) is 4.70. The maximum Gasteiger partial charge on any atom is 0.275 e. The first kappa shape index (κ1) is 11.0. The van der Waals surface area contributed by atoms with Crippen molar-refractivity contribution >= 4 is 11.6 Å². The van der Waals surface area contributed by atoms with Crippen LogP contribution < -0.4 is 5.43 Å². The van der Waals surface area contributed by atoms with Gasteiger partial charge in [0.05, 0.1) is 5.56 Å². The van der Waals surface area contributed by atoms with Gasteiger partial charge in [0.15, 0.2) is 0 Å². The Labute approximate surface area is 105 Å². The third-order valence-electron chi connectivity index (χ3n) is 3.61. The average Bonchev–Trinajstić information content (AvgIpc) is 2.71. The summed E-state index contributed by atoms with van der Waals surface area (Å²) in [6.45, 7) is 0. The minimum absolute atomic E-state index is 0.0239. The van der Waals surface area contributed by atoms with Crippen molar-refractivity contribution in [2.45, 2.75) is 12.8 Å². The number of aromatic hydroxyl groups is 1. The van der Waals surface area contributed by atoms with Gasteiger partial charge >= 0.3 is 0 Å². The quantitative estimate of drug-likeness (QED) is 0.616. The van der Waals surface area contributed by atoms with Crippen molar-refractivity contribution < 1.29 is 9.90 Å². The summed E-state index contributed by atoms with van der Waals surface area (Å²) in [5, 5.41) is 13.7. The minimum Gasteiger partial charge on any atom is -0.507 e. The molecule has 0 unspecified atom stereocenters. The zero-order valence-corrected chi connectivity index (χ0v) is 9.84. The Morgan fingerprint density at radius 3 is 3.00 bits per heavy atom. The highest BCUT2D eigenvalue weighted by atomic mass is 16.3. The summed E-state index contributed by atoms with van der Waals surface area (Å²) in [6.07, 6.45) is 6.34. The van der Waals surface area contributed by atoms with E-state index in [1.807, 2.05) is 0 Å². The van der Waals surface area contributed by atoms with E-state index in [0.717, 1.165) is 18.6 Å². The molecule has 18 heavy (non-hydrogen) atoms. The van der Waals surface area contributed by atoms with Crippen LogP contribution >= 0.6 is 0 Å². The average molecular weight is 242 g/mol. The zero-order valence-electron chi connectivity index (χ0n) is 9.84. The van der Waals surface area contributed by atoms with Crippen molar-refractivity contribution in [2.75, 3.05) is 0 Å². The van der Waals surface area contributed by atoms with E-state index in [2.05, 4.69) is 22.7 Å². The van der Waals surface area contributed by atoms with Crippen molar-refractivity contribution in [3.63, 3.8) is 0 Å². The molecular formula is C14H14N2O2. The van der Waals surface area contributed by atoms with E-state index < -0.39 is 0 Å². The van der Waals surface area contributed by atoms with Gasteiger partial charge in [-0.1, -0.05) is 24.3 Å². The summed E-state index contributed by atoms with van der Waals surface area (Å²) in [6, 6.07) is 6.45. The lowest BCUT2D eigenvalue weighted by atomic mass is 9.74. The molecule has 0 heterocycles. The molecular weight excluding hydrogens is 228 g/mol. The van der Waals surface area contributed by atoms with Crippen LogP contribution in [0.5, 0.6) is 5.75 Å². The fourth-order valence-corrected chi connectivity index (χ4v) is 2.51. The van der Waals surface area contributed by atoms with E-state index >= 15 is 0 Å². The predicted molar refractivity (Wildman–Crippen MR) is 68.4 cm³/mol. The lowest BCUT2D eigenvalue weighted by Crippen LogP contribution is -2.35. The molecule has 2 aliphatic rings. The van der Waals surface area contributed by atoms with Crippen LogP contribution in [0.2, 0.25) is 0 Å². The number of benzene rings is 1. The zero-order chi connectivity index (χ0) is 12.5. The largest absolute Gasteiger partial charge is 0.507 e. The maximum absolute atomic E-state index is 11.8. The summed E-state index contributed by atoms with van der Waals surface area (Å²) < 4.78 is 0. The van der Waals surface area contributed by atoms with E-state index in [1.54, 1.807) is 18.2 Å². The summed E-state index contributed by atoms with van der Waals surface area (Å²) in [5.41, 5.74) is 3.82. The van der Waals surface area contributed by atoms with Gasteiger partial charge in [-0.2, -0.15) is 5.10 Å². The Bertz CT molecular complexity index is 548. The molecule has 2 aliphatic carbocycles. The molecule has 1 amide bonds. The first-order valence-corrected chi connectivity index (χ1v) is 6.07. The lowest BCUT2D eigenvalue weighted by Gasteiger charge is -2.31. The predicted octanol–water partition coefficient (Wildman–Crippen LogP) is 2.07. The van der Waals surface area contributed by atoms with Gasteiger partial charge in [-0.05, 0) is 30.9 Å². The summed E-state index contributed by atoms with van der Waals surface area (Å²) in [5.74, 6) is 0.708. The Morgan fingerprint density at radius 1 is 1.39 bits per heavy atom. The molecule has 2 atom stereocenters. The Morgan fingerprint density at radius 2 is 2.22 bits per heavy atom. The third-order valence-corrected chi connectivity index (χ3v) is 3.61. The topological polar surface area (TPSA) is 61.7 Å². The van der Waals surface area contributed by atoms with Gasteiger partial charge in [0.2, 0.25) is 0 Å². The maximum atomic E-state index is 11.8. The highest BCUT2D eigenvalue weighted by Crippen LogP contribution is 2.40. The molecule has 1 aromatic carbocycles. The fraction of sp³-hybridized carbons (Fsp3) is 0.286. The van der Waals surface area contributed by atoms with Crippen molar-refractivity contribution in [2.24, 2.45) is 16.9 Å². The van der Waals surface area contributed by atoms with Crippen molar-refractivity contribution in [1.82, 2.24) is 5.43 Å². The molecule has 0 bridgehead atoms. The smallest absolute Gasteiger partial charge is 0.275 e. The second kappa shape index (κ2) is 4.29. The molecule has 0 radical (unpaired) electrons. The molecule has 0 saturated heterocycles. The number of amides is 1. The number of fused-ring (bicyclic) bond motifs is 1. The van der Waals surface area contributed by atoms with Crippen LogP contribution in [-0.4, -0.2) is 16.7 Å². The van der Waals surface area contributed by atoms with Gasteiger partial charge in [0.25, 0.3) is 5.91 Å². The SMILES string of the molecule is O=C(N/N=C1\C[C@H]2C=CC[C@H]12)c1ccccc1O. The fourth-order valence-electron chi connectivity index (χ4n) is 2.51. The molecule has 2 N–H and O–H groups in total. The molecule has 0 aromatic heterocycles. The molecule has 4 heteroatoms. The van der Waals surface area contributed by atoms with Crippen molar-refractivity contribution in [3.8, 4) is 5.75 Å². The van der Waals surface area contributed by atoms with Crippen LogP contribution in [0.3, 0.4) is 0 Å². The number of phenols is 1. The molecule has 1 aromatic rings. The van der Waals surface area contributed by atoms with E-state index in [1.165, 1.54) is 6.07 Å². The summed E-state index contributed by atoms with van der Waals surface area (Å²) in [4.78, 5) is 11.8. The van der Waals surface area contributed by atoms with E-state index in [9.17, 15) is 9.90 Å². The summed E-state index contributed by atoms with van der Waals surface area (Å²) >= 11 is 0. The highest BCUT2D eigenvalue weighted by Gasteiger charge is 2.38. The molecule has 0 aliphatic heterocycles. The molecule has 3 rings (SSSR count).